The first-order chi connectivity index (χ1) is 6.90. The van der Waals surface area contributed by atoms with Gasteiger partial charge in [-0.1, -0.05) is 25.5 Å². The zero-order valence-electron chi connectivity index (χ0n) is 8.69. The SMILES string of the molecule is CCCC[n+]1ccn(C2=CC=CC2)c1. The molecule has 0 aromatic carbocycles. The molecular formula is C12H17N2+. The van der Waals surface area contributed by atoms with Gasteiger partial charge in [-0.15, -0.1) is 0 Å². The first-order valence-corrected chi connectivity index (χ1v) is 5.33. The number of nitrogens with zero attached hydrogens (tertiary/aromatic N) is 2. The summed E-state index contributed by atoms with van der Waals surface area (Å²) in [5, 5.41) is 0. The van der Waals surface area contributed by atoms with Crippen LogP contribution in [0.2, 0.25) is 0 Å². The second-order valence-electron chi connectivity index (χ2n) is 3.70. The van der Waals surface area contributed by atoms with Crippen LogP contribution in [0.5, 0.6) is 0 Å². The van der Waals surface area contributed by atoms with Crippen molar-refractivity contribution >= 4 is 5.70 Å². The highest BCUT2D eigenvalue weighted by Crippen LogP contribution is 2.14. The lowest BCUT2D eigenvalue weighted by Gasteiger charge is -1.94. The fourth-order valence-electron chi connectivity index (χ4n) is 1.66. The molecule has 2 heteroatoms. The van der Waals surface area contributed by atoms with Gasteiger partial charge >= 0.3 is 0 Å². The van der Waals surface area contributed by atoms with Crippen LogP contribution < -0.4 is 4.57 Å². The third kappa shape index (κ3) is 1.95. The molecule has 0 fully saturated rings. The normalized spacial score (nSPS) is 14.8. The number of hydrogen-bond donors (Lipinski definition) is 0. The molecule has 0 aliphatic heterocycles. The molecule has 0 unspecified atom stereocenters. The minimum absolute atomic E-state index is 1.06. The van der Waals surface area contributed by atoms with E-state index in [9.17, 15) is 0 Å². The average molecular weight is 189 g/mol. The van der Waals surface area contributed by atoms with Crippen molar-refractivity contribution in [3.05, 3.63) is 36.9 Å². The molecule has 1 aliphatic rings. The molecule has 0 saturated heterocycles. The Labute approximate surface area is 85.2 Å². The Balaban J connectivity index is 2.02. The Morgan fingerprint density at radius 1 is 1.50 bits per heavy atom. The van der Waals surface area contributed by atoms with Gasteiger partial charge in [0.25, 0.3) is 0 Å². The molecule has 2 rings (SSSR count). The second-order valence-corrected chi connectivity index (χ2v) is 3.70. The Bertz CT molecular complexity index is 358. The van der Waals surface area contributed by atoms with E-state index in [4.69, 9.17) is 0 Å². The van der Waals surface area contributed by atoms with Gasteiger partial charge in [-0.05, 0) is 12.5 Å². The average Bonchev–Trinajstić information content (AvgIpc) is 2.85. The van der Waals surface area contributed by atoms with Crippen LogP contribution in [0.3, 0.4) is 0 Å². The monoisotopic (exact) mass is 189 g/mol. The highest BCUT2D eigenvalue weighted by Gasteiger charge is 2.09. The summed E-state index contributed by atoms with van der Waals surface area (Å²) in [7, 11) is 0. The molecule has 14 heavy (non-hydrogen) atoms. The fraction of sp³-hybridized carbons (Fsp3) is 0.417. The first kappa shape index (κ1) is 9.25. The van der Waals surface area contributed by atoms with Gasteiger partial charge < -0.3 is 0 Å². The zero-order chi connectivity index (χ0) is 9.80. The molecular weight excluding hydrogens is 172 g/mol. The van der Waals surface area contributed by atoms with E-state index in [1.165, 1.54) is 18.5 Å². The van der Waals surface area contributed by atoms with Gasteiger partial charge in [0.05, 0.1) is 6.54 Å². The van der Waals surface area contributed by atoms with Crippen LogP contribution in [-0.2, 0) is 6.54 Å². The van der Waals surface area contributed by atoms with Gasteiger partial charge in [-0.2, -0.15) is 0 Å². The van der Waals surface area contributed by atoms with E-state index in [1.807, 2.05) is 0 Å². The summed E-state index contributed by atoms with van der Waals surface area (Å²) in [5.41, 5.74) is 1.36. The van der Waals surface area contributed by atoms with Crippen LogP contribution in [0, 0.1) is 0 Å². The minimum atomic E-state index is 1.06. The standard InChI is InChI=1S/C12H17N2/c1-2-3-8-13-9-10-14(11-13)12-6-4-5-7-12/h4-6,9-11H,2-3,7-8H2,1H3/q+1. The molecule has 0 bridgehead atoms. The maximum atomic E-state index is 2.25. The highest BCUT2D eigenvalue weighted by atomic mass is 15.1. The molecule has 1 aliphatic carbocycles. The van der Waals surface area contributed by atoms with Crippen molar-refractivity contribution in [2.24, 2.45) is 0 Å². The Morgan fingerprint density at radius 2 is 2.43 bits per heavy atom. The zero-order valence-corrected chi connectivity index (χ0v) is 8.69. The van der Waals surface area contributed by atoms with E-state index < -0.39 is 0 Å². The van der Waals surface area contributed by atoms with Crippen molar-refractivity contribution in [3.63, 3.8) is 0 Å². The van der Waals surface area contributed by atoms with Crippen LogP contribution in [0.4, 0.5) is 0 Å². The maximum absolute atomic E-state index is 2.25. The van der Waals surface area contributed by atoms with Crippen molar-refractivity contribution in [2.75, 3.05) is 0 Å². The lowest BCUT2D eigenvalue weighted by atomic mass is 10.3. The van der Waals surface area contributed by atoms with Crippen LogP contribution in [-0.4, -0.2) is 4.57 Å². The number of imidazole rings is 1. The largest absolute Gasteiger partial charge is 0.248 e. The van der Waals surface area contributed by atoms with E-state index in [1.54, 1.807) is 0 Å². The summed E-state index contributed by atoms with van der Waals surface area (Å²) in [6, 6.07) is 0. The molecule has 0 N–H and O–H groups in total. The molecule has 0 spiro atoms. The number of unbranched alkanes of at least 4 members (excludes halogenated alkanes) is 1. The van der Waals surface area contributed by atoms with E-state index in [0.29, 0.717) is 0 Å². The number of rotatable bonds is 4. The number of aryl methyl sites for hydroxylation is 1. The van der Waals surface area contributed by atoms with E-state index in [-0.39, 0.29) is 0 Å². The van der Waals surface area contributed by atoms with Crippen LogP contribution in [0.1, 0.15) is 26.2 Å². The number of hydrogen-bond acceptors (Lipinski definition) is 0. The van der Waals surface area contributed by atoms with Gasteiger partial charge in [-0.25, -0.2) is 9.13 Å². The van der Waals surface area contributed by atoms with Gasteiger partial charge in [0.15, 0.2) is 0 Å². The molecule has 1 heterocycles. The smallest absolute Gasteiger partial charge is 0.236 e. The van der Waals surface area contributed by atoms with E-state index in [0.717, 1.165) is 13.0 Å². The Hall–Kier alpha value is -1.31. The second kappa shape index (κ2) is 4.27. The molecule has 1 aromatic heterocycles. The molecule has 2 nitrogen and oxygen atoms in total. The lowest BCUT2D eigenvalue weighted by molar-refractivity contribution is -0.696. The van der Waals surface area contributed by atoms with Gasteiger partial charge in [0.2, 0.25) is 6.33 Å². The summed E-state index contributed by atoms with van der Waals surface area (Å²) in [4.78, 5) is 0. The molecule has 74 valence electrons. The van der Waals surface area contributed by atoms with Gasteiger partial charge in [0, 0.05) is 6.42 Å². The molecule has 0 radical (unpaired) electrons. The van der Waals surface area contributed by atoms with E-state index >= 15 is 0 Å². The molecule has 0 saturated carbocycles. The maximum Gasteiger partial charge on any atom is 0.248 e. The minimum Gasteiger partial charge on any atom is -0.236 e. The lowest BCUT2D eigenvalue weighted by Crippen LogP contribution is -2.30. The summed E-state index contributed by atoms with van der Waals surface area (Å²) >= 11 is 0. The molecule has 0 atom stereocenters. The van der Waals surface area contributed by atoms with Crippen LogP contribution in [0.15, 0.2) is 36.9 Å². The Morgan fingerprint density at radius 3 is 3.14 bits per heavy atom. The van der Waals surface area contributed by atoms with Crippen molar-refractivity contribution in [2.45, 2.75) is 32.7 Å². The fourth-order valence-corrected chi connectivity index (χ4v) is 1.66. The molecule has 1 aromatic rings. The number of allylic oxidation sites excluding steroid dienone is 4. The van der Waals surface area contributed by atoms with Crippen molar-refractivity contribution in [1.82, 2.24) is 4.57 Å². The predicted octanol–water partition coefficient (Wildman–Crippen LogP) is 2.38. The van der Waals surface area contributed by atoms with Crippen molar-refractivity contribution < 1.29 is 4.57 Å². The van der Waals surface area contributed by atoms with Crippen LogP contribution >= 0.6 is 0 Å². The van der Waals surface area contributed by atoms with Crippen molar-refractivity contribution in [3.8, 4) is 0 Å². The summed E-state index contributed by atoms with van der Waals surface area (Å²) in [6.45, 7) is 3.35. The van der Waals surface area contributed by atoms with Crippen molar-refractivity contribution in [1.29, 1.82) is 0 Å². The summed E-state index contributed by atoms with van der Waals surface area (Å²) < 4.78 is 4.46. The van der Waals surface area contributed by atoms with Gasteiger partial charge in [0.1, 0.15) is 18.1 Å². The first-order valence-electron chi connectivity index (χ1n) is 5.33. The third-order valence-electron chi connectivity index (χ3n) is 2.54. The molecule has 0 amide bonds. The number of aromatic nitrogens is 2. The van der Waals surface area contributed by atoms with E-state index in [2.05, 4.69) is 53.0 Å². The summed E-state index contributed by atoms with van der Waals surface area (Å²) in [6.07, 6.45) is 16.5. The predicted molar refractivity (Wildman–Crippen MR) is 57.6 cm³/mol. The third-order valence-corrected chi connectivity index (χ3v) is 2.54. The highest BCUT2D eigenvalue weighted by molar-refractivity contribution is 5.53. The topological polar surface area (TPSA) is 8.81 Å². The van der Waals surface area contributed by atoms with Gasteiger partial charge in [-0.3, -0.25) is 0 Å². The summed E-state index contributed by atoms with van der Waals surface area (Å²) in [5.74, 6) is 0. The van der Waals surface area contributed by atoms with Crippen LogP contribution in [0.25, 0.3) is 5.70 Å². The quantitative estimate of drug-likeness (QED) is 0.643. The Kier molecular flexibility index (Phi) is 2.82.